The van der Waals surface area contributed by atoms with Crippen LogP contribution in [0, 0.1) is 0 Å². The van der Waals surface area contributed by atoms with Crippen molar-refractivity contribution >= 4 is 29.3 Å². The van der Waals surface area contributed by atoms with Gasteiger partial charge in [0.1, 0.15) is 6.10 Å². The highest BCUT2D eigenvalue weighted by Gasteiger charge is 2.23. The van der Waals surface area contributed by atoms with Crippen molar-refractivity contribution < 1.29 is 28.5 Å². The number of primary amides is 1. The van der Waals surface area contributed by atoms with E-state index in [1.807, 2.05) is 12.1 Å². The molecule has 184 valence electrons. The lowest BCUT2D eigenvalue weighted by atomic mass is 9.98. The number of esters is 1. The predicted molar refractivity (Wildman–Crippen MR) is 130 cm³/mol. The van der Waals surface area contributed by atoms with Gasteiger partial charge in [0.05, 0.1) is 26.9 Å². The highest BCUT2D eigenvalue weighted by molar-refractivity contribution is 7.99. The molecule has 9 nitrogen and oxygen atoms in total. The maximum absolute atomic E-state index is 12.5. The Bertz CT molecular complexity index is 1000. The number of carbonyl (C=O) groups excluding carboxylic acids is 2. The minimum Gasteiger partial charge on any atom is -0.493 e. The first-order valence-corrected chi connectivity index (χ1v) is 11.8. The first-order chi connectivity index (χ1) is 16.4. The quantitative estimate of drug-likeness (QED) is 0.338. The van der Waals surface area contributed by atoms with Crippen LogP contribution in [-0.2, 0) is 9.53 Å². The van der Waals surface area contributed by atoms with E-state index < -0.39 is 18.0 Å². The molecule has 0 aromatic heterocycles. The van der Waals surface area contributed by atoms with Crippen LogP contribution in [0.1, 0.15) is 42.5 Å². The number of ether oxygens (including phenoxy) is 4. The first-order valence-electron chi connectivity index (χ1n) is 11.0. The summed E-state index contributed by atoms with van der Waals surface area (Å²) in [5.74, 6) is 0.320. The van der Waals surface area contributed by atoms with Crippen molar-refractivity contribution in [2.45, 2.75) is 54.2 Å². The van der Waals surface area contributed by atoms with Crippen molar-refractivity contribution in [1.29, 1.82) is 0 Å². The molecule has 0 heterocycles. The Kier molecular flexibility index (Phi) is 8.89. The van der Waals surface area contributed by atoms with E-state index in [2.05, 4.69) is 5.32 Å². The zero-order valence-corrected chi connectivity index (χ0v) is 20.4. The summed E-state index contributed by atoms with van der Waals surface area (Å²) < 4.78 is 21.7. The average molecular weight is 490 g/mol. The number of amides is 1. The Labute approximate surface area is 203 Å². The van der Waals surface area contributed by atoms with E-state index in [-0.39, 0.29) is 11.7 Å². The lowest BCUT2D eigenvalue weighted by Gasteiger charge is -2.24. The minimum absolute atomic E-state index is 0.119. The molecule has 0 saturated heterocycles. The van der Waals surface area contributed by atoms with E-state index >= 15 is 0 Å². The monoisotopic (exact) mass is 489 g/mol. The molecule has 1 amide bonds. The van der Waals surface area contributed by atoms with Crippen molar-refractivity contribution in [2.75, 3.05) is 26.6 Å². The zero-order chi connectivity index (χ0) is 24.7. The van der Waals surface area contributed by atoms with Crippen molar-refractivity contribution in [2.24, 2.45) is 11.5 Å². The van der Waals surface area contributed by atoms with Crippen LogP contribution >= 0.6 is 11.8 Å². The summed E-state index contributed by atoms with van der Waals surface area (Å²) in [6, 6.07) is 8.68. The molecule has 1 unspecified atom stereocenters. The van der Waals surface area contributed by atoms with Gasteiger partial charge in [-0.15, -0.1) is 0 Å². The molecule has 3 rings (SSSR count). The van der Waals surface area contributed by atoms with Gasteiger partial charge in [-0.05, 0) is 56.0 Å². The number of benzene rings is 2. The lowest BCUT2D eigenvalue weighted by Crippen LogP contribution is -2.42. The average Bonchev–Trinajstić information content (AvgIpc) is 2.83. The van der Waals surface area contributed by atoms with Crippen LogP contribution in [0.3, 0.4) is 0 Å². The predicted octanol–water partition coefficient (Wildman–Crippen LogP) is 3.54. The molecule has 0 radical (unpaired) electrons. The molecule has 2 aromatic rings. The Morgan fingerprint density at radius 3 is 2.18 bits per heavy atom. The summed E-state index contributed by atoms with van der Waals surface area (Å²) in [7, 11) is 4.63. The highest BCUT2D eigenvalue weighted by atomic mass is 32.2. The van der Waals surface area contributed by atoms with E-state index in [0.29, 0.717) is 22.9 Å². The largest absolute Gasteiger partial charge is 0.493 e. The third-order valence-corrected chi connectivity index (χ3v) is 6.49. The van der Waals surface area contributed by atoms with E-state index in [9.17, 15) is 9.59 Å². The molecule has 1 saturated carbocycles. The van der Waals surface area contributed by atoms with Crippen LogP contribution in [-0.4, -0.2) is 45.5 Å². The van der Waals surface area contributed by atoms with E-state index in [1.165, 1.54) is 18.9 Å². The lowest BCUT2D eigenvalue weighted by molar-refractivity contribution is -0.151. The standard InChI is InChI=1S/C24H31N3O6S/c1-30-19-12-16(13-20(31-2)21(19)32-3)34-15-9-10-17(23(26)28)18(11-15)27-22(25)24(29)33-14-7-5-4-6-8-14/h9-14,22,27H,4-8,25H2,1-3H3,(H2,26,28). The van der Waals surface area contributed by atoms with Gasteiger partial charge >= 0.3 is 5.97 Å². The molecule has 1 atom stereocenters. The maximum atomic E-state index is 12.5. The molecule has 0 bridgehead atoms. The smallest absolute Gasteiger partial charge is 0.343 e. The normalized spacial score (nSPS) is 14.7. The molecule has 1 fully saturated rings. The zero-order valence-electron chi connectivity index (χ0n) is 19.6. The number of hydrogen-bond donors (Lipinski definition) is 3. The highest BCUT2D eigenvalue weighted by Crippen LogP contribution is 2.43. The summed E-state index contributed by atoms with van der Waals surface area (Å²) in [5.41, 5.74) is 12.2. The molecular weight excluding hydrogens is 458 g/mol. The van der Waals surface area contributed by atoms with Crippen molar-refractivity contribution in [3.8, 4) is 17.2 Å². The van der Waals surface area contributed by atoms with Crippen molar-refractivity contribution in [3.05, 3.63) is 35.9 Å². The van der Waals surface area contributed by atoms with Crippen molar-refractivity contribution in [1.82, 2.24) is 0 Å². The minimum atomic E-state index is -1.14. The second-order valence-corrected chi connectivity index (χ2v) is 9.00. The van der Waals surface area contributed by atoms with Gasteiger partial charge in [-0.3, -0.25) is 4.79 Å². The summed E-state index contributed by atoms with van der Waals surface area (Å²) >= 11 is 1.40. The van der Waals surface area contributed by atoms with Crippen molar-refractivity contribution in [3.63, 3.8) is 0 Å². The first kappa shape index (κ1) is 25.5. The number of nitrogens with one attached hydrogen (secondary N) is 1. The molecule has 5 N–H and O–H groups in total. The van der Waals surface area contributed by atoms with E-state index in [1.54, 1.807) is 32.4 Å². The van der Waals surface area contributed by atoms with Gasteiger partial charge in [-0.2, -0.15) is 0 Å². The van der Waals surface area contributed by atoms with Crippen LogP contribution in [0.25, 0.3) is 0 Å². The summed E-state index contributed by atoms with van der Waals surface area (Å²) in [4.78, 5) is 26.1. The molecular formula is C24H31N3O6S. The Balaban J connectivity index is 1.80. The van der Waals surface area contributed by atoms with Gasteiger partial charge in [-0.1, -0.05) is 18.2 Å². The van der Waals surface area contributed by atoms with Crippen LogP contribution in [0.5, 0.6) is 17.2 Å². The SMILES string of the molecule is COc1cc(Sc2ccc(C(N)=O)c(NC(N)C(=O)OC3CCCCC3)c2)cc(OC)c1OC. The number of rotatable bonds is 10. The molecule has 1 aliphatic rings. The number of nitrogens with two attached hydrogens (primary N) is 2. The van der Waals surface area contributed by atoms with E-state index in [4.69, 9.17) is 30.4 Å². The molecule has 2 aromatic carbocycles. The fourth-order valence-corrected chi connectivity index (χ4v) is 4.74. The Morgan fingerprint density at radius 1 is 0.971 bits per heavy atom. The maximum Gasteiger partial charge on any atom is 0.343 e. The Morgan fingerprint density at radius 2 is 1.62 bits per heavy atom. The van der Waals surface area contributed by atoms with Crippen LogP contribution in [0.2, 0.25) is 0 Å². The second kappa shape index (κ2) is 11.8. The van der Waals surface area contributed by atoms with Crippen LogP contribution < -0.4 is 31.0 Å². The molecule has 34 heavy (non-hydrogen) atoms. The van der Waals surface area contributed by atoms with Crippen LogP contribution in [0.15, 0.2) is 40.1 Å². The summed E-state index contributed by atoms with van der Waals surface area (Å²) in [6.45, 7) is 0. The third kappa shape index (κ3) is 6.27. The molecule has 0 spiro atoms. The van der Waals surface area contributed by atoms with Gasteiger partial charge < -0.3 is 35.7 Å². The summed E-state index contributed by atoms with van der Waals surface area (Å²) in [6.07, 6.45) is 3.64. The molecule has 0 aliphatic heterocycles. The summed E-state index contributed by atoms with van der Waals surface area (Å²) in [5, 5.41) is 2.89. The van der Waals surface area contributed by atoms with Gasteiger partial charge in [0.25, 0.3) is 5.91 Å². The fourth-order valence-electron chi connectivity index (χ4n) is 3.82. The van der Waals surface area contributed by atoms with Gasteiger partial charge in [0, 0.05) is 15.5 Å². The number of methoxy groups -OCH3 is 3. The number of hydrogen-bond acceptors (Lipinski definition) is 9. The second-order valence-electron chi connectivity index (χ2n) is 7.85. The van der Waals surface area contributed by atoms with Gasteiger partial charge in [0.15, 0.2) is 17.7 Å². The van der Waals surface area contributed by atoms with Gasteiger partial charge in [-0.25, -0.2) is 4.79 Å². The third-order valence-electron chi connectivity index (χ3n) is 5.53. The van der Waals surface area contributed by atoms with Crippen LogP contribution in [0.4, 0.5) is 5.69 Å². The fraction of sp³-hybridized carbons (Fsp3) is 0.417. The topological polar surface area (TPSA) is 135 Å². The number of anilines is 1. The van der Waals surface area contributed by atoms with E-state index in [0.717, 1.165) is 41.9 Å². The molecule has 10 heteroatoms. The number of carbonyl (C=O) groups is 2. The van der Waals surface area contributed by atoms with Gasteiger partial charge in [0.2, 0.25) is 5.75 Å². The Hall–Kier alpha value is -3.11. The molecule has 1 aliphatic carbocycles.